The van der Waals surface area contributed by atoms with E-state index in [1.807, 2.05) is 35.2 Å². The Labute approximate surface area is 199 Å². The number of hydrogen-bond acceptors (Lipinski definition) is 4. The lowest BCUT2D eigenvalue weighted by Crippen LogP contribution is -2.37. The first kappa shape index (κ1) is 21.1. The quantitative estimate of drug-likeness (QED) is 0.344. The molecule has 0 saturated heterocycles. The van der Waals surface area contributed by atoms with Gasteiger partial charge in [-0.1, -0.05) is 24.3 Å². The van der Waals surface area contributed by atoms with E-state index >= 15 is 0 Å². The van der Waals surface area contributed by atoms with Crippen LogP contribution in [0.3, 0.4) is 0 Å². The third kappa shape index (κ3) is 3.80. The fourth-order valence-corrected chi connectivity index (χ4v) is 6.04. The lowest BCUT2D eigenvalue weighted by Gasteiger charge is -2.29. The Balaban J connectivity index is 1.54. The van der Waals surface area contributed by atoms with Gasteiger partial charge in [-0.05, 0) is 57.2 Å². The van der Waals surface area contributed by atoms with E-state index in [-0.39, 0.29) is 5.91 Å². The molecule has 7 heteroatoms. The number of benzene rings is 2. The Bertz CT molecular complexity index is 1290. The first-order valence-electron chi connectivity index (χ1n) is 10.4. The maximum Gasteiger partial charge on any atom is 0.270 e. The minimum atomic E-state index is 0.0599. The lowest BCUT2D eigenvalue weighted by molar-refractivity contribution is 0.0724. The van der Waals surface area contributed by atoms with Gasteiger partial charge in [-0.3, -0.25) is 4.79 Å². The fourth-order valence-electron chi connectivity index (χ4n) is 4.34. The molecule has 3 heterocycles. The average Bonchev–Trinajstić information content (AvgIpc) is 3.37. The molecule has 5 nitrogen and oxygen atoms in total. The summed E-state index contributed by atoms with van der Waals surface area (Å²) in [5, 5.41) is 2.07. The van der Waals surface area contributed by atoms with Gasteiger partial charge >= 0.3 is 0 Å². The molecule has 164 valence electrons. The van der Waals surface area contributed by atoms with Crippen molar-refractivity contribution in [3.8, 4) is 11.5 Å². The number of ether oxygens (including phenoxy) is 2. The summed E-state index contributed by atoms with van der Waals surface area (Å²) in [5.74, 6) is 1.52. The Kier molecular flexibility index (Phi) is 5.69. The van der Waals surface area contributed by atoms with E-state index in [0.717, 1.165) is 44.7 Å². The van der Waals surface area contributed by atoms with Gasteiger partial charge in [0.1, 0.15) is 17.2 Å². The predicted octanol–water partition coefficient (Wildman–Crippen LogP) is 5.73. The number of hydrogen-bond donors (Lipinski definition) is 0. The highest BCUT2D eigenvalue weighted by Crippen LogP contribution is 2.35. The van der Waals surface area contributed by atoms with Crippen molar-refractivity contribution >= 4 is 43.4 Å². The average molecular weight is 511 g/mol. The molecule has 0 aliphatic carbocycles. The van der Waals surface area contributed by atoms with Crippen LogP contribution in [0.25, 0.3) is 10.2 Å². The smallest absolute Gasteiger partial charge is 0.270 e. The van der Waals surface area contributed by atoms with E-state index in [0.29, 0.717) is 18.8 Å². The first-order chi connectivity index (χ1) is 15.6. The molecule has 0 unspecified atom stereocenters. The number of rotatable bonds is 5. The van der Waals surface area contributed by atoms with E-state index < -0.39 is 0 Å². The summed E-state index contributed by atoms with van der Waals surface area (Å²) in [5.41, 5.74) is 5.31. The number of methoxy groups -OCH3 is 2. The van der Waals surface area contributed by atoms with Gasteiger partial charge in [0.15, 0.2) is 0 Å². The summed E-state index contributed by atoms with van der Waals surface area (Å²) in [6.07, 6.45) is 0.883. The molecular formula is C25H23BrN2O3S. The molecule has 0 fully saturated rings. The Morgan fingerprint density at radius 2 is 1.78 bits per heavy atom. The molecule has 0 spiro atoms. The van der Waals surface area contributed by atoms with Crippen LogP contribution in [-0.2, 0) is 19.5 Å². The van der Waals surface area contributed by atoms with Gasteiger partial charge in [0.05, 0.1) is 28.9 Å². The van der Waals surface area contributed by atoms with Gasteiger partial charge in [0, 0.05) is 31.1 Å². The predicted molar refractivity (Wildman–Crippen MR) is 131 cm³/mol. The molecule has 0 N–H and O–H groups in total. The van der Waals surface area contributed by atoms with E-state index in [9.17, 15) is 4.79 Å². The van der Waals surface area contributed by atoms with Crippen molar-refractivity contribution in [1.29, 1.82) is 0 Å². The summed E-state index contributed by atoms with van der Waals surface area (Å²) in [6.45, 7) is 1.91. The van der Waals surface area contributed by atoms with Crippen molar-refractivity contribution in [2.75, 3.05) is 20.8 Å². The number of thiophene rings is 1. The van der Waals surface area contributed by atoms with Crippen molar-refractivity contribution in [2.45, 2.75) is 19.5 Å². The number of amides is 1. The molecule has 0 radical (unpaired) electrons. The molecule has 2 aromatic carbocycles. The standard InChI is InChI=1S/C25H23BrN2O3S/c1-30-19-9-16(10-20(11-19)31-2)13-28-22(12-23-24(28)21(26)15-32-23)25(29)27-8-7-17-5-3-4-6-18(17)14-27/h3-6,9-12,15H,7-8,13-14H2,1-2H3. The molecule has 0 atom stereocenters. The molecule has 1 aliphatic heterocycles. The number of carbonyl (C=O) groups excluding carboxylic acids is 1. The minimum absolute atomic E-state index is 0.0599. The Morgan fingerprint density at radius 1 is 1.06 bits per heavy atom. The van der Waals surface area contributed by atoms with Crippen molar-refractivity contribution in [1.82, 2.24) is 9.47 Å². The number of carbonyl (C=O) groups is 1. The van der Waals surface area contributed by atoms with Crippen LogP contribution in [0.15, 0.2) is 58.4 Å². The number of aromatic nitrogens is 1. The SMILES string of the molecule is COc1cc(Cn2c(C(=O)N3CCc4ccccc4C3)cc3scc(Br)c32)cc(OC)c1. The summed E-state index contributed by atoms with van der Waals surface area (Å²) in [7, 11) is 3.29. The molecule has 1 amide bonds. The van der Waals surface area contributed by atoms with Crippen LogP contribution in [-0.4, -0.2) is 36.1 Å². The van der Waals surface area contributed by atoms with Crippen molar-refractivity contribution in [3.05, 3.63) is 80.8 Å². The third-order valence-corrected chi connectivity index (χ3v) is 7.79. The number of nitrogens with zero attached hydrogens (tertiary/aromatic N) is 2. The van der Waals surface area contributed by atoms with E-state index in [1.54, 1.807) is 25.6 Å². The van der Waals surface area contributed by atoms with Gasteiger partial charge in [-0.25, -0.2) is 0 Å². The first-order valence-corrected chi connectivity index (χ1v) is 12.1. The molecule has 5 rings (SSSR count). The Morgan fingerprint density at radius 3 is 2.50 bits per heavy atom. The van der Waals surface area contributed by atoms with Crippen LogP contribution in [0, 0.1) is 0 Å². The van der Waals surface area contributed by atoms with E-state index in [2.05, 4.69) is 44.1 Å². The third-order valence-electron chi connectivity index (χ3n) is 5.97. The summed E-state index contributed by atoms with van der Waals surface area (Å²) in [4.78, 5) is 15.6. The van der Waals surface area contributed by atoms with Crippen LogP contribution in [0.2, 0.25) is 0 Å². The van der Waals surface area contributed by atoms with Crippen molar-refractivity contribution < 1.29 is 14.3 Å². The largest absolute Gasteiger partial charge is 0.497 e. The molecular weight excluding hydrogens is 488 g/mol. The van der Waals surface area contributed by atoms with Crippen LogP contribution in [0.4, 0.5) is 0 Å². The van der Waals surface area contributed by atoms with E-state index in [4.69, 9.17) is 9.47 Å². The maximum absolute atomic E-state index is 13.7. The monoisotopic (exact) mass is 510 g/mol. The molecule has 2 aromatic heterocycles. The second kappa shape index (κ2) is 8.64. The topological polar surface area (TPSA) is 43.7 Å². The van der Waals surface area contributed by atoms with Crippen LogP contribution in [0.1, 0.15) is 27.2 Å². The van der Waals surface area contributed by atoms with Crippen LogP contribution in [0.5, 0.6) is 11.5 Å². The molecule has 1 aliphatic rings. The molecule has 32 heavy (non-hydrogen) atoms. The zero-order valence-corrected chi connectivity index (χ0v) is 20.3. The van der Waals surface area contributed by atoms with Gasteiger partial charge in [0.2, 0.25) is 0 Å². The normalized spacial score (nSPS) is 13.3. The van der Waals surface area contributed by atoms with Crippen molar-refractivity contribution in [3.63, 3.8) is 0 Å². The summed E-state index contributed by atoms with van der Waals surface area (Å²) >= 11 is 5.32. The molecule has 0 bridgehead atoms. The lowest BCUT2D eigenvalue weighted by atomic mass is 10.00. The van der Waals surface area contributed by atoms with Crippen LogP contribution >= 0.6 is 27.3 Å². The highest BCUT2D eigenvalue weighted by molar-refractivity contribution is 9.10. The zero-order chi connectivity index (χ0) is 22.2. The minimum Gasteiger partial charge on any atom is -0.497 e. The fraction of sp³-hybridized carbons (Fsp3) is 0.240. The summed E-state index contributed by atoms with van der Waals surface area (Å²) < 4.78 is 15.1. The maximum atomic E-state index is 13.7. The van der Waals surface area contributed by atoms with Crippen LogP contribution < -0.4 is 9.47 Å². The van der Waals surface area contributed by atoms with Gasteiger partial charge in [-0.2, -0.15) is 0 Å². The van der Waals surface area contributed by atoms with Gasteiger partial charge < -0.3 is 18.9 Å². The Hall–Kier alpha value is -2.77. The highest BCUT2D eigenvalue weighted by Gasteiger charge is 2.26. The number of fused-ring (bicyclic) bond motifs is 2. The second-order valence-corrected chi connectivity index (χ2v) is 9.64. The molecule has 0 saturated carbocycles. The second-order valence-electron chi connectivity index (χ2n) is 7.88. The summed E-state index contributed by atoms with van der Waals surface area (Å²) in [6, 6.07) is 16.2. The zero-order valence-electron chi connectivity index (χ0n) is 17.9. The van der Waals surface area contributed by atoms with Gasteiger partial charge in [-0.15, -0.1) is 11.3 Å². The van der Waals surface area contributed by atoms with Gasteiger partial charge in [0.25, 0.3) is 5.91 Å². The van der Waals surface area contributed by atoms with Crippen molar-refractivity contribution in [2.24, 2.45) is 0 Å². The number of halogens is 1. The van der Waals surface area contributed by atoms with E-state index in [1.165, 1.54) is 11.1 Å². The molecule has 4 aromatic rings. The highest BCUT2D eigenvalue weighted by atomic mass is 79.9.